The molecule has 3 heteroatoms. The van der Waals surface area contributed by atoms with Crippen molar-refractivity contribution >= 4 is 11.7 Å². The van der Waals surface area contributed by atoms with E-state index in [-0.39, 0.29) is 23.7 Å². The minimum atomic E-state index is -0.653. The number of hydrogen-bond donors (Lipinski definition) is 1. The van der Waals surface area contributed by atoms with E-state index in [1.807, 2.05) is 41.5 Å². The standard InChI is InChI=1S/C16H25NO2/c1-9(2)13(18)17-12-10(3)15(5,6)14(19)16(7,8)11(12)4/h9,12H,3-4H2,1-2,5-8H3,(H,17,18). The highest BCUT2D eigenvalue weighted by Crippen LogP contribution is 2.47. The van der Waals surface area contributed by atoms with E-state index in [1.165, 1.54) is 0 Å². The quantitative estimate of drug-likeness (QED) is 0.779. The van der Waals surface area contributed by atoms with Gasteiger partial charge in [-0.15, -0.1) is 0 Å². The van der Waals surface area contributed by atoms with Crippen LogP contribution in [0.25, 0.3) is 0 Å². The van der Waals surface area contributed by atoms with Crippen molar-refractivity contribution in [2.75, 3.05) is 0 Å². The zero-order chi connectivity index (χ0) is 15.2. The van der Waals surface area contributed by atoms with Crippen LogP contribution < -0.4 is 5.32 Å². The summed E-state index contributed by atoms with van der Waals surface area (Å²) in [7, 11) is 0. The molecule has 1 fully saturated rings. The molecule has 0 saturated heterocycles. The summed E-state index contributed by atoms with van der Waals surface area (Å²) in [4.78, 5) is 24.4. The molecule has 0 aromatic heterocycles. The van der Waals surface area contributed by atoms with Crippen molar-refractivity contribution in [2.45, 2.75) is 47.6 Å². The van der Waals surface area contributed by atoms with Crippen molar-refractivity contribution in [1.29, 1.82) is 0 Å². The molecule has 0 aliphatic heterocycles. The van der Waals surface area contributed by atoms with Crippen LogP contribution in [0.1, 0.15) is 41.5 Å². The Bertz CT molecular complexity index is 425. The third-order valence-electron chi connectivity index (χ3n) is 4.25. The largest absolute Gasteiger partial charge is 0.346 e. The maximum Gasteiger partial charge on any atom is 0.223 e. The van der Waals surface area contributed by atoms with E-state index in [4.69, 9.17) is 0 Å². The molecule has 1 N–H and O–H groups in total. The lowest BCUT2D eigenvalue weighted by atomic mass is 9.58. The summed E-state index contributed by atoms with van der Waals surface area (Å²) in [6, 6.07) is -0.336. The molecule has 0 unspecified atom stereocenters. The van der Waals surface area contributed by atoms with Crippen molar-refractivity contribution in [1.82, 2.24) is 5.32 Å². The molecule has 0 atom stereocenters. The van der Waals surface area contributed by atoms with Gasteiger partial charge in [-0.1, -0.05) is 27.0 Å². The van der Waals surface area contributed by atoms with Gasteiger partial charge in [0.15, 0.2) is 5.78 Å². The van der Waals surface area contributed by atoms with Gasteiger partial charge in [0.25, 0.3) is 0 Å². The fourth-order valence-corrected chi connectivity index (χ4v) is 2.49. The van der Waals surface area contributed by atoms with E-state index in [0.29, 0.717) is 0 Å². The second-order valence-electron chi connectivity index (χ2n) is 6.73. The van der Waals surface area contributed by atoms with E-state index in [1.54, 1.807) is 0 Å². The van der Waals surface area contributed by atoms with Gasteiger partial charge in [0.05, 0.1) is 6.04 Å². The van der Waals surface area contributed by atoms with Crippen molar-refractivity contribution < 1.29 is 9.59 Å². The van der Waals surface area contributed by atoms with Crippen LogP contribution in [0.3, 0.4) is 0 Å². The first-order chi connectivity index (χ1) is 8.44. The Morgan fingerprint density at radius 1 is 1.11 bits per heavy atom. The van der Waals surface area contributed by atoms with E-state index in [2.05, 4.69) is 18.5 Å². The predicted octanol–water partition coefficient (Wildman–Crippen LogP) is 2.87. The molecule has 0 heterocycles. The fourth-order valence-electron chi connectivity index (χ4n) is 2.49. The SMILES string of the molecule is C=C1C(NC(=O)C(C)C)C(=C)C(C)(C)C(=O)C1(C)C. The Labute approximate surface area is 116 Å². The number of nitrogens with one attached hydrogen (secondary N) is 1. The Kier molecular flexibility index (Phi) is 3.81. The molecular formula is C16H25NO2. The molecule has 1 aliphatic carbocycles. The van der Waals surface area contributed by atoms with E-state index in [0.717, 1.165) is 11.1 Å². The van der Waals surface area contributed by atoms with Crippen molar-refractivity contribution in [3.8, 4) is 0 Å². The first kappa shape index (κ1) is 15.7. The third-order valence-corrected chi connectivity index (χ3v) is 4.25. The molecule has 0 aromatic rings. The molecule has 3 nitrogen and oxygen atoms in total. The lowest BCUT2D eigenvalue weighted by Crippen LogP contribution is -2.55. The minimum Gasteiger partial charge on any atom is -0.346 e. The van der Waals surface area contributed by atoms with Crippen LogP contribution in [0.15, 0.2) is 24.3 Å². The average Bonchev–Trinajstić information content (AvgIpc) is 2.31. The van der Waals surface area contributed by atoms with Gasteiger partial charge >= 0.3 is 0 Å². The monoisotopic (exact) mass is 263 g/mol. The van der Waals surface area contributed by atoms with E-state index in [9.17, 15) is 9.59 Å². The molecule has 19 heavy (non-hydrogen) atoms. The third kappa shape index (κ3) is 2.38. The summed E-state index contributed by atoms with van der Waals surface area (Å²) in [5.74, 6) is -0.0530. The molecule has 0 bridgehead atoms. The molecular weight excluding hydrogens is 238 g/mol. The van der Waals surface area contributed by atoms with Gasteiger partial charge < -0.3 is 5.32 Å². The van der Waals surface area contributed by atoms with E-state index >= 15 is 0 Å². The zero-order valence-corrected chi connectivity index (χ0v) is 12.9. The van der Waals surface area contributed by atoms with Crippen molar-refractivity contribution in [3.05, 3.63) is 24.3 Å². The topological polar surface area (TPSA) is 46.2 Å². The second kappa shape index (κ2) is 4.62. The van der Waals surface area contributed by atoms with E-state index < -0.39 is 10.8 Å². The zero-order valence-electron chi connectivity index (χ0n) is 12.9. The van der Waals surface area contributed by atoms with Crippen LogP contribution in [-0.2, 0) is 9.59 Å². The highest BCUT2D eigenvalue weighted by atomic mass is 16.2. The van der Waals surface area contributed by atoms with Gasteiger partial charge in [-0.25, -0.2) is 0 Å². The van der Waals surface area contributed by atoms with Crippen LogP contribution in [0.4, 0.5) is 0 Å². The number of amides is 1. The maximum absolute atomic E-state index is 12.5. The summed E-state index contributed by atoms with van der Waals surface area (Å²) in [6.45, 7) is 19.2. The maximum atomic E-state index is 12.5. The average molecular weight is 263 g/mol. The lowest BCUT2D eigenvalue weighted by molar-refractivity contribution is -0.135. The van der Waals surface area contributed by atoms with Crippen LogP contribution in [0.2, 0.25) is 0 Å². The van der Waals surface area contributed by atoms with Crippen LogP contribution in [0, 0.1) is 16.7 Å². The smallest absolute Gasteiger partial charge is 0.223 e. The van der Waals surface area contributed by atoms with Crippen molar-refractivity contribution in [3.63, 3.8) is 0 Å². The number of rotatable bonds is 2. The Morgan fingerprint density at radius 3 is 1.79 bits per heavy atom. The highest BCUT2D eigenvalue weighted by Gasteiger charge is 2.51. The summed E-state index contributed by atoms with van der Waals surface area (Å²) in [6.07, 6.45) is 0. The van der Waals surface area contributed by atoms with Gasteiger partial charge in [-0.2, -0.15) is 0 Å². The molecule has 1 saturated carbocycles. The molecule has 1 aliphatic rings. The van der Waals surface area contributed by atoms with Gasteiger partial charge in [-0.05, 0) is 38.8 Å². The first-order valence-electron chi connectivity index (χ1n) is 6.67. The highest BCUT2D eigenvalue weighted by molar-refractivity contribution is 5.97. The predicted molar refractivity (Wildman–Crippen MR) is 77.6 cm³/mol. The number of Topliss-reactive ketones (excluding diaryl/α,β-unsaturated/α-hetero) is 1. The summed E-state index contributed by atoms with van der Waals surface area (Å²) < 4.78 is 0. The molecule has 0 spiro atoms. The number of carbonyl (C=O) groups excluding carboxylic acids is 2. The number of ketones is 1. The summed E-state index contributed by atoms with van der Waals surface area (Å²) in [5.41, 5.74) is 0.130. The van der Waals surface area contributed by atoms with Crippen LogP contribution >= 0.6 is 0 Å². The van der Waals surface area contributed by atoms with Gasteiger partial charge in [0.2, 0.25) is 5.91 Å². The lowest BCUT2D eigenvalue weighted by Gasteiger charge is -2.47. The molecule has 1 rings (SSSR count). The van der Waals surface area contributed by atoms with Crippen LogP contribution in [-0.4, -0.2) is 17.7 Å². The summed E-state index contributed by atoms with van der Waals surface area (Å²) in [5, 5.41) is 2.96. The molecule has 0 aromatic carbocycles. The molecule has 106 valence electrons. The first-order valence-corrected chi connectivity index (χ1v) is 6.67. The van der Waals surface area contributed by atoms with Crippen molar-refractivity contribution in [2.24, 2.45) is 16.7 Å². The number of carbonyl (C=O) groups is 2. The second-order valence-corrected chi connectivity index (χ2v) is 6.73. The van der Waals surface area contributed by atoms with Gasteiger partial charge in [0.1, 0.15) is 0 Å². The fraction of sp³-hybridized carbons (Fsp3) is 0.625. The molecule has 1 amide bonds. The molecule has 0 radical (unpaired) electrons. The number of hydrogen-bond acceptors (Lipinski definition) is 2. The normalized spacial score (nSPS) is 22.8. The minimum absolute atomic E-state index is 0.0479. The van der Waals surface area contributed by atoms with Gasteiger partial charge in [0, 0.05) is 16.7 Å². The summed E-state index contributed by atoms with van der Waals surface area (Å²) >= 11 is 0. The van der Waals surface area contributed by atoms with Crippen LogP contribution in [0.5, 0.6) is 0 Å². The van der Waals surface area contributed by atoms with Gasteiger partial charge in [-0.3, -0.25) is 9.59 Å². The Balaban J connectivity index is 3.18. The Morgan fingerprint density at radius 2 is 1.47 bits per heavy atom. The Hall–Kier alpha value is -1.38.